The number of methoxy groups -OCH3 is 1. The van der Waals surface area contributed by atoms with E-state index in [1.807, 2.05) is 47.8 Å². The summed E-state index contributed by atoms with van der Waals surface area (Å²) in [5, 5.41) is 4.64. The Hall–Kier alpha value is -3.32. The van der Waals surface area contributed by atoms with Crippen LogP contribution < -0.4 is 14.8 Å². The zero-order valence-corrected chi connectivity index (χ0v) is 16.7. The summed E-state index contributed by atoms with van der Waals surface area (Å²) in [6.07, 6.45) is 0. The van der Waals surface area contributed by atoms with Crippen LogP contribution in [0, 0.1) is 0 Å². The molecule has 0 saturated carbocycles. The van der Waals surface area contributed by atoms with E-state index in [2.05, 4.69) is 5.32 Å². The van der Waals surface area contributed by atoms with Crippen LogP contribution in [0.4, 0.5) is 0 Å². The maximum absolute atomic E-state index is 12.2. The lowest BCUT2D eigenvalue weighted by Gasteiger charge is -2.12. The topological polar surface area (TPSA) is 73.9 Å². The average Bonchev–Trinajstić information content (AvgIpc) is 3.29. The number of hydrogen-bond acceptors (Lipinski definition) is 6. The molecule has 3 aromatic rings. The lowest BCUT2D eigenvalue weighted by atomic mass is 10.2. The summed E-state index contributed by atoms with van der Waals surface area (Å²) in [5.74, 6) is -0.0372. The van der Waals surface area contributed by atoms with Crippen molar-refractivity contribution in [3.63, 3.8) is 0 Å². The Bertz CT molecular complexity index is 941. The summed E-state index contributed by atoms with van der Waals surface area (Å²) in [4.78, 5) is 25.1. The number of amides is 1. The quantitative estimate of drug-likeness (QED) is 0.542. The zero-order valence-electron chi connectivity index (χ0n) is 15.9. The second kappa shape index (κ2) is 10.3. The van der Waals surface area contributed by atoms with Gasteiger partial charge < -0.3 is 19.5 Å². The van der Waals surface area contributed by atoms with Gasteiger partial charge in [-0.2, -0.15) is 0 Å². The second-order valence-electron chi connectivity index (χ2n) is 6.07. The summed E-state index contributed by atoms with van der Waals surface area (Å²) < 4.78 is 16.2. The highest BCUT2D eigenvalue weighted by Gasteiger charge is 2.14. The molecule has 150 valence electrons. The van der Waals surface area contributed by atoms with Gasteiger partial charge in [-0.25, -0.2) is 4.79 Å². The monoisotopic (exact) mass is 411 g/mol. The van der Waals surface area contributed by atoms with Crippen molar-refractivity contribution in [1.29, 1.82) is 0 Å². The van der Waals surface area contributed by atoms with E-state index in [0.717, 1.165) is 10.4 Å². The molecule has 0 fully saturated rings. The first-order chi connectivity index (χ1) is 14.2. The van der Waals surface area contributed by atoms with Crippen LogP contribution in [0.2, 0.25) is 0 Å². The van der Waals surface area contributed by atoms with Crippen LogP contribution in [0.5, 0.6) is 11.5 Å². The average molecular weight is 411 g/mol. The largest absolute Gasteiger partial charge is 0.493 e. The molecule has 7 heteroatoms. The van der Waals surface area contributed by atoms with Crippen LogP contribution in [0.3, 0.4) is 0 Å². The Balaban J connectivity index is 1.52. The summed E-state index contributed by atoms with van der Waals surface area (Å²) >= 11 is 1.55. The van der Waals surface area contributed by atoms with E-state index in [1.165, 1.54) is 13.2 Å². The van der Waals surface area contributed by atoms with Gasteiger partial charge in [0.1, 0.15) is 6.61 Å². The number of rotatable bonds is 9. The third-order valence-electron chi connectivity index (χ3n) is 4.01. The first kappa shape index (κ1) is 20.4. The Morgan fingerprint density at radius 1 is 1.00 bits per heavy atom. The number of thiophene rings is 1. The van der Waals surface area contributed by atoms with Gasteiger partial charge in [0.25, 0.3) is 5.91 Å². The van der Waals surface area contributed by atoms with Crippen molar-refractivity contribution in [2.24, 2.45) is 0 Å². The molecule has 0 aliphatic carbocycles. The lowest BCUT2D eigenvalue weighted by Crippen LogP contribution is -2.28. The van der Waals surface area contributed by atoms with E-state index in [-0.39, 0.29) is 18.1 Å². The first-order valence-corrected chi connectivity index (χ1v) is 9.84. The van der Waals surface area contributed by atoms with E-state index in [4.69, 9.17) is 14.2 Å². The van der Waals surface area contributed by atoms with Crippen molar-refractivity contribution in [1.82, 2.24) is 5.32 Å². The lowest BCUT2D eigenvalue weighted by molar-refractivity contribution is -0.124. The van der Waals surface area contributed by atoms with Crippen molar-refractivity contribution in [3.8, 4) is 11.5 Å². The van der Waals surface area contributed by atoms with E-state index in [0.29, 0.717) is 24.7 Å². The number of benzene rings is 2. The van der Waals surface area contributed by atoms with Gasteiger partial charge in [0.2, 0.25) is 0 Å². The molecule has 6 nitrogen and oxygen atoms in total. The standard InChI is InChI=1S/C22H21NO5S/c1-26-20-12-17(9-10-19(20)27-14-16-6-3-2-4-7-16)22(25)28-15-21(24)23-13-18-8-5-11-29-18/h2-12H,13-15H2,1H3,(H,23,24). The van der Waals surface area contributed by atoms with E-state index < -0.39 is 5.97 Å². The van der Waals surface area contributed by atoms with E-state index in [1.54, 1.807) is 23.5 Å². The second-order valence-corrected chi connectivity index (χ2v) is 7.10. The minimum atomic E-state index is -0.607. The van der Waals surface area contributed by atoms with Crippen LogP contribution in [-0.4, -0.2) is 25.6 Å². The van der Waals surface area contributed by atoms with Crippen LogP contribution in [0.1, 0.15) is 20.8 Å². The number of hydrogen-bond donors (Lipinski definition) is 1. The molecule has 0 unspecified atom stereocenters. The molecule has 1 aromatic heterocycles. The molecule has 0 aliphatic heterocycles. The summed E-state index contributed by atoms with van der Waals surface area (Å²) in [7, 11) is 1.50. The highest BCUT2D eigenvalue weighted by atomic mass is 32.1. The Kier molecular flexibility index (Phi) is 7.24. The molecule has 1 heterocycles. The molecule has 0 radical (unpaired) electrons. The molecular weight excluding hydrogens is 390 g/mol. The highest BCUT2D eigenvalue weighted by Crippen LogP contribution is 2.29. The molecule has 1 amide bonds. The molecule has 0 spiro atoms. The number of carbonyl (C=O) groups excluding carboxylic acids is 2. The minimum absolute atomic E-state index is 0.278. The van der Waals surface area contributed by atoms with Crippen LogP contribution in [-0.2, 0) is 22.7 Å². The Labute approximate surface area is 173 Å². The number of esters is 1. The summed E-state index contributed by atoms with van der Waals surface area (Å²) in [6, 6.07) is 18.3. The smallest absolute Gasteiger partial charge is 0.338 e. The third-order valence-corrected chi connectivity index (χ3v) is 4.89. The predicted molar refractivity (Wildman–Crippen MR) is 110 cm³/mol. The van der Waals surface area contributed by atoms with Gasteiger partial charge in [-0.15, -0.1) is 11.3 Å². The maximum Gasteiger partial charge on any atom is 0.338 e. The van der Waals surface area contributed by atoms with Gasteiger partial charge in [-0.3, -0.25) is 4.79 Å². The zero-order chi connectivity index (χ0) is 20.5. The number of carbonyl (C=O) groups is 2. The molecule has 0 aliphatic rings. The normalized spacial score (nSPS) is 10.2. The van der Waals surface area contributed by atoms with Crippen molar-refractivity contribution in [2.75, 3.05) is 13.7 Å². The van der Waals surface area contributed by atoms with Gasteiger partial charge in [0, 0.05) is 4.88 Å². The van der Waals surface area contributed by atoms with Gasteiger partial charge in [0.05, 0.1) is 19.2 Å². The molecular formula is C22H21NO5S. The van der Waals surface area contributed by atoms with Crippen LogP contribution in [0.15, 0.2) is 66.0 Å². The SMILES string of the molecule is COc1cc(C(=O)OCC(=O)NCc2cccs2)ccc1OCc1ccccc1. The van der Waals surface area contributed by atoms with Gasteiger partial charge in [0.15, 0.2) is 18.1 Å². The molecule has 0 bridgehead atoms. The third kappa shape index (κ3) is 6.08. The van der Waals surface area contributed by atoms with Gasteiger partial charge >= 0.3 is 5.97 Å². The van der Waals surface area contributed by atoms with E-state index >= 15 is 0 Å². The van der Waals surface area contributed by atoms with Crippen molar-refractivity contribution in [2.45, 2.75) is 13.2 Å². The van der Waals surface area contributed by atoms with Crippen molar-refractivity contribution in [3.05, 3.63) is 82.0 Å². The van der Waals surface area contributed by atoms with Gasteiger partial charge in [-0.05, 0) is 35.2 Å². The molecule has 2 aromatic carbocycles. The van der Waals surface area contributed by atoms with Crippen molar-refractivity contribution < 1.29 is 23.8 Å². The molecule has 0 saturated heterocycles. The Morgan fingerprint density at radius 2 is 1.83 bits per heavy atom. The minimum Gasteiger partial charge on any atom is -0.493 e. The number of nitrogens with one attached hydrogen (secondary N) is 1. The fourth-order valence-corrected chi connectivity index (χ4v) is 3.16. The van der Waals surface area contributed by atoms with Crippen LogP contribution in [0.25, 0.3) is 0 Å². The molecule has 3 rings (SSSR count). The maximum atomic E-state index is 12.2. The molecule has 1 N–H and O–H groups in total. The first-order valence-electron chi connectivity index (χ1n) is 8.96. The van der Waals surface area contributed by atoms with Crippen LogP contribution >= 0.6 is 11.3 Å². The molecule has 29 heavy (non-hydrogen) atoms. The predicted octanol–water partition coefficient (Wildman–Crippen LogP) is 3.81. The molecule has 0 atom stereocenters. The highest BCUT2D eigenvalue weighted by molar-refractivity contribution is 7.09. The Morgan fingerprint density at radius 3 is 2.55 bits per heavy atom. The summed E-state index contributed by atoms with van der Waals surface area (Å²) in [5.41, 5.74) is 1.30. The fraction of sp³-hybridized carbons (Fsp3) is 0.182. The van der Waals surface area contributed by atoms with E-state index in [9.17, 15) is 9.59 Å². The van der Waals surface area contributed by atoms with Crippen molar-refractivity contribution >= 4 is 23.2 Å². The van der Waals surface area contributed by atoms with Gasteiger partial charge in [-0.1, -0.05) is 36.4 Å². The summed E-state index contributed by atoms with van der Waals surface area (Å²) in [6.45, 7) is 0.444. The fourth-order valence-electron chi connectivity index (χ4n) is 2.51. The number of ether oxygens (including phenoxy) is 3.